The maximum absolute atomic E-state index is 14.5. The predicted octanol–water partition coefficient (Wildman–Crippen LogP) is 5.24. The minimum absolute atomic E-state index is 0.0752. The molecule has 2 atom stereocenters. The standard InChI is InChI=1S/C25H18F3N3O3/c26-19-9-5-4-8-17(19)21(32)20(14-6-2-1-3-7-14)31-13-16-11-10-15(12-18(16)25(31)33)23-29-30-24(34-23)22(27)28/h1-12,20-22,32H,13H2/t20?,21-/m1/s1. The maximum Gasteiger partial charge on any atom is 0.314 e. The SMILES string of the molecule is O=C1c2cc(-c3nnc(C(F)F)o3)ccc2CN1C(c1ccccc1)[C@H](O)c1ccccc1F. The molecule has 0 fully saturated rings. The smallest absolute Gasteiger partial charge is 0.314 e. The number of rotatable bonds is 6. The van der Waals surface area contributed by atoms with E-state index in [0.29, 0.717) is 22.3 Å². The molecule has 3 aromatic carbocycles. The van der Waals surface area contributed by atoms with Crippen molar-refractivity contribution in [3.05, 3.63) is 107 Å². The van der Waals surface area contributed by atoms with Crippen molar-refractivity contribution in [3.8, 4) is 11.5 Å². The van der Waals surface area contributed by atoms with E-state index in [2.05, 4.69) is 10.2 Å². The molecular weight excluding hydrogens is 447 g/mol. The van der Waals surface area contributed by atoms with Gasteiger partial charge >= 0.3 is 6.43 Å². The van der Waals surface area contributed by atoms with Crippen molar-refractivity contribution >= 4 is 5.91 Å². The summed E-state index contributed by atoms with van der Waals surface area (Å²) < 4.78 is 45.2. The van der Waals surface area contributed by atoms with E-state index in [1.54, 1.807) is 48.5 Å². The van der Waals surface area contributed by atoms with E-state index in [4.69, 9.17) is 4.42 Å². The van der Waals surface area contributed by atoms with Crippen molar-refractivity contribution in [1.82, 2.24) is 15.1 Å². The lowest BCUT2D eigenvalue weighted by atomic mass is 9.94. The average Bonchev–Trinajstić information content (AvgIpc) is 3.46. The summed E-state index contributed by atoms with van der Waals surface area (Å²) in [4.78, 5) is 14.9. The summed E-state index contributed by atoms with van der Waals surface area (Å²) in [7, 11) is 0. The van der Waals surface area contributed by atoms with Crippen LogP contribution in [0.2, 0.25) is 0 Å². The topological polar surface area (TPSA) is 79.5 Å². The predicted molar refractivity (Wildman–Crippen MR) is 115 cm³/mol. The number of nitrogens with zero attached hydrogens (tertiary/aromatic N) is 3. The quantitative estimate of drug-likeness (QED) is 0.421. The van der Waals surface area contributed by atoms with Gasteiger partial charge < -0.3 is 14.4 Å². The van der Waals surface area contributed by atoms with Gasteiger partial charge in [-0.05, 0) is 29.3 Å². The molecule has 172 valence electrons. The number of hydrogen-bond acceptors (Lipinski definition) is 5. The molecule has 1 aromatic heterocycles. The third-order valence-corrected chi connectivity index (χ3v) is 5.82. The van der Waals surface area contributed by atoms with E-state index < -0.39 is 36.2 Å². The largest absolute Gasteiger partial charge is 0.415 e. The number of hydrogen-bond donors (Lipinski definition) is 1. The van der Waals surface area contributed by atoms with Crippen molar-refractivity contribution in [1.29, 1.82) is 0 Å². The van der Waals surface area contributed by atoms with Crippen LogP contribution < -0.4 is 0 Å². The zero-order valence-electron chi connectivity index (χ0n) is 17.6. The number of aliphatic hydroxyl groups is 1. The molecule has 2 heterocycles. The Morgan fingerprint density at radius 2 is 1.71 bits per heavy atom. The van der Waals surface area contributed by atoms with Crippen LogP contribution in [-0.4, -0.2) is 26.1 Å². The Kier molecular flexibility index (Phi) is 5.62. The Hall–Kier alpha value is -3.98. The molecule has 1 N–H and O–H groups in total. The molecule has 34 heavy (non-hydrogen) atoms. The van der Waals surface area contributed by atoms with Crippen LogP contribution >= 0.6 is 0 Å². The van der Waals surface area contributed by atoms with Crippen LogP contribution in [0.5, 0.6) is 0 Å². The highest BCUT2D eigenvalue weighted by Gasteiger charge is 2.38. The normalized spacial score (nSPS) is 15.0. The molecule has 9 heteroatoms. The second-order valence-corrected chi connectivity index (χ2v) is 7.87. The fourth-order valence-electron chi connectivity index (χ4n) is 4.19. The number of aromatic nitrogens is 2. The molecule has 1 amide bonds. The van der Waals surface area contributed by atoms with Gasteiger partial charge in [0.2, 0.25) is 5.89 Å². The first kappa shape index (κ1) is 21.8. The molecule has 0 saturated carbocycles. The van der Waals surface area contributed by atoms with Gasteiger partial charge in [0, 0.05) is 23.2 Å². The number of aliphatic hydroxyl groups excluding tert-OH is 1. The molecule has 0 aliphatic carbocycles. The Morgan fingerprint density at radius 3 is 2.41 bits per heavy atom. The van der Waals surface area contributed by atoms with Crippen molar-refractivity contribution in [3.63, 3.8) is 0 Å². The minimum atomic E-state index is -2.90. The third kappa shape index (κ3) is 3.84. The molecule has 5 rings (SSSR count). The number of alkyl halides is 2. The molecule has 0 bridgehead atoms. The van der Waals surface area contributed by atoms with Crippen LogP contribution in [0.15, 0.2) is 77.2 Å². The lowest BCUT2D eigenvalue weighted by Crippen LogP contribution is -2.33. The summed E-state index contributed by atoms with van der Waals surface area (Å²) in [5.74, 6) is -1.90. The second kappa shape index (κ2) is 8.75. The van der Waals surface area contributed by atoms with E-state index in [1.807, 2.05) is 0 Å². The fourth-order valence-corrected chi connectivity index (χ4v) is 4.19. The van der Waals surface area contributed by atoms with Gasteiger partial charge in [0.1, 0.15) is 11.9 Å². The molecule has 1 aliphatic heterocycles. The number of benzene rings is 3. The van der Waals surface area contributed by atoms with Gasteiger partial charge in [-0.15, -0.1) is 10.2 Å². The van der Waals surface area contributed by atoms with Crippen molar-refractivity contribution in [2.24, 2.45) is 0 Å². The Labute approximate surface area is 192 Å². The van der Waals surface area contributed by atoms with Crippen LogP contribution in [0.3, 0.4) is 0 Å². The molecular formula is C25H18F3N3O3. The lowest BCUT2D eigenvalue weighted by Gasteiger charge is -2.32. The third-order valence-electron chi connectivity index (χ3n) is 5.82. The second-order valence-electron chi connectivity index (χ2n) is 7.87. The zero-order chi connectivity index (χ0) is 23.8. The number of amides is 1. The minimum Gasteiger partial charge on any atom is -0.415 e. The summed E-state index contributed by atoms with van der Waals surface area (Å²) in [6, 6.07) is 18.7. The van der Waals surface area contributed by atoms with Gasteiger partial charge in [0.15, 0.2) is 0 Å². The first-order chi connectivity index (χ1) is 16.4. The van der Waals surface area contributed by atoms with E-state index in [1.165, 1.54) is 29.2 Å². The lowest BCUT2D eigenvalue weighted by molar-refractivity contribution is 0.0348. The van der Waals surface area contributed by atoms with Crippen molar-refractivity contribution in [2.45, 2.75) is 25.1 Å². The number of halogens is 3. The first-order valence-corrected chi connectivity index (χ1v) is 10.5. The molecule has 4 aromatic rings. The van der Waals surface area contributed by atoms with Gasteiger partial charge in [-0.1, -0.05) is 54.6 Å². The van der Waals surface area contributed by atoms with E-state index in [-0.39, 0.29) is 18.0 Å². The highest BCUT2D eigenvalue weighted by Crippen LogP contribution is 2.40. The van der Waals surface area contributed by atoms with E-state index in [9.17, 15) is 23.1 Å². The average molecular weight is 465 g/mol. The van der Waals surface area contributed by atoms with Gasteiger partial charge in [0.25, 0.3) is 11.8 Å². The van der Waals surface area contributed by atoms with Gasteiger partial charge in [-0.3, -0.25) is 4.79 Å². The molecule has 0 spiro atoms. The van der Waals surface area contributed by atoms with Crippen molar-refractivity contribution < 1.29 is 27.5 Å². The van der Waals surface area contributed by atoms with Crippen LogP contribution in [0.25, 0.3) is 11.5 Å². The summed E-state index contributed by atoms with van der Waals surface area (Å²) in [6.45, 7) is 0.172. The molecule has 0 radical (unpaired) electrons. The monoisotopic (exact) mass is 465 g/mol. The zero-order valence-corrected chi connectivity index (χ0v) is 17.6. The Balaban J connectivity index is 1.52. The van der Waals surface area contributed by atoms with Crippen LogP contribution in [0.4, 0.5) is 13.2 Å². The number of carbonyl (C=O) groups is 1. The number of carbonyl (C=O) groups excluding carboxylic acids is 1. The summed E-state index contributed by atoms with van der Waals surface area (Å²) in [5, 5.41) is 18.2. The van der Waals surface area contributed by atoms with Gasteiger partial charge in [-0.2, -0.15) is 8.78 Å². The molecule has 1 unspecified atom stereocenters. The molecule has 0 saturated heterocycles. The van der Waals surface area contributed by atoms with Crippen LogP contribution in [-0.2, 0) is 6.54 Å². The summed E-state index contributed by atoms with van der Waals surface area (Å²) in [6.07, 6.45) is -4.23. The Morgan fingerprint density at radius 1 is 0.971 bits per heavy atom. The molecule has 6 nitrogen and oxygen atoms in total. The van der Waals surface area contributed by atoms with E-state index in [0.717, 1.165) is 0 Å². The van der Waals surface area contributed by atoms with Crippen molar-refractivity contribution in [2.75, 3.05) is 0 Å². The Bertz CT molecular complexity index is 1340. The highest BCUT2D eigenvalue weighted by atomic mass is 19.3. The summed E-state index contributed by atoms with van der Waals surface area (Å²) in [5.41, 5.74) is 2.02. The van der Waals surface area contributed by atoms with E-state index >= 15 is 0 Å². The van der Waals surface area contributed by atoms with Crippen LogP contribution in [0, 0.1) is 5.82 Å². The van der Waals surface area contributed by atoms with Gasteiger partial charge in [-0.25, -0.2) is 4.39 Å². The fraction of sp³-hybridized carbons (Fsp3) is 0.160. The maximum atomic E-state index is 14.5. The van der Waals surface area contributed by atoms with Gasteiger partial charge in [0.05, 0.1) is 6.04 Å². The first-order valence-electron chi connectivity index (χ1n) is 10.5. The summed E-state index contributed by atoms with van der Waals surface area (Å²) >= 11 is 0. The number of fused-ring (bicyclic) bond motifs is 1. The van der Waals surface area contributed by atoms with Crippen LogP contribution in [0.1, 0.15) is 51.5 Å². The highest BCUT2D eigenvalue weighted by molar-refractivity contribution is 5.99. The molecule has 1 aliphatic rings.